The number of nitrogens with zero attached hydrogens (tertiary/aromatic N) is 2. The number of morpholine rings is 1. The highest BCUT2D eigenvalue weighted by molar-refractivity contribution is 9.10. The molecule has 2 N–H and O–H groups in total. The number of benzene rings is 1. The van der Waals surface area contributed by atoms with Gasteiger partial charge in [0.1, 0.15) is 5.75 Å². The van der Waals surface area contributed by atoms with Crippen LogP contribution in [0.15, 0.2) is 27.8 Å². The molecule has 0 unspecified atom stereocenters. The van der Waals surface area contributed by atoms with Gasteiger partial charge in [0.2, 0.25) is 0 Å². The molecule has 23 heavy (non-hydrogen) atoms. The number of hydrazone groups is 1. The summed E-state index contributed by atoms with van der Waals surface area (Å²) in [5.41, 5.74) is 3.76. The molecule has 0 saturated carbocycles. The number of rotatable bonds is 6. The number of nitrogens with one attached hydrogen (secondary N) is 2. The first-order valence-corrected chi connectivity index (χ1v) is 8.59. The molecule has 6 nitrogen and oxygen atoms in total. The maximum atomic E-state index is 5.31. The van der Waals surface area contributed by atoms with Crippen LogP contribution >= 0.6 is 28.1 Å². The van der Waals surface area contributed by atoms with E-state index in [1.807, 2.05) is 18.2 Å². The summed E-state index contributed by atoms with van der Waals surface area (Å²) in [5, 5.41) is 7.79. The molecule has 1 aromatic rings. The minimum absolute atomic E-state index is 0.516. The van der Waals surface area contributed by atoms with Gasteiger partial charge in [0.15, 0.2) is 5.11 Å². The zero-order valence-electron chi connectivity index (χ0n) is 13.0. The largest absolute Gasteiger partial charge is 0.496 e. The van der Waals surface area contributed by atoms with Crippen LogP contribution < -0.4 is 15.5 Å². The smallest absolute Gasteiger partial charge is 0.187 e. The summed E-state index contributed by atoms with van der Waals surface area (Å²) in [6.45, 7) is 5.31. The number of thiocarbonyl (C=S) groups is 1. The Bertz CT molecular complexity index is 550. The molecule has 1 aliphatic heterocycles. The first kappa shape index (κ1) is 18.1. The fourth-order valence-corrected chi connectivity index (χ4v) is 2.83. The monoisotopic (exact) mass is 400 g/mol. The van der Waals surface area contributed by atoms with Crippen LogP contribution in [0, 0.1) is 0 Å². The van der Waals surface area contributed by atoms with Gasteiger partial charge in [-0.25, -0.2) is 0 Å². The molecular weight excluding hydrogens is 380 g/mol. The Balaban J connectivity index is 1.68. The van der Waals surface area contributed by atoms with Crippen LogP contribution in [0.4, 0.5) is 0 Å². The molecule has 1 saturated heterocycles. The topological polar surface area (TPSA) is 58.1 Å². The highest BCUT2D eigenvalue weighted by Crippen LogP contribution is 2.24. The molecule has 126 valence electrons. The molecule has 0 radical (unpaired) electrons. The normalized spacial score (nSPS) is 15.6. The van der Waals surface area contributed by atoms with E-state index in [2.05, 4.69) is 36.7 Å². The van der Waals surface area contributed by atoms with Gasteiger partial charge in [-0.1, -0.05) is 0 Å². The van der Waals surface area contributed by atoms with Crippen LogP contribution in [-0.2, 0) is 4.74 Å². The standard InChI is InChI=1S/C15H21BrN4O2S/c1-21-14-3-2-12(10-13(14)16)11-18-19-15(23)17-4-5-20-6-8-22-9-7-20/h2-3,10-11H,4-9H2,1H3,(H2,17,19,23)/b18-11-. The van der Waals surface area contributed by atoms with Crippen molar-refractivity contribution in [3.63, 3.8) is 0 Å². The second-order valence-corrected chi connectivity index (χ2v) is 6.24. The van der Waals surface area contributed by atoms with E-state index >= 15 is 0 Å². The zero-order valence-corrected chi connectivity index (χ0v) is 15.5. The van der Waals surface area contributed by atoms with E-state index in [0.29, 0.717) is 5.11 Å². The third kappa shape index (κ3) is 6.42. The molecule has 0 amide bonds. The Kier molecular flexibility index (Phi) is 7.73. The Labute approximate surface area is 150 Å². The molecule has 1 aromatic carbocycles. The molecule has 0 atom stereocenters. The van der Waals surface area contributed by atoms with Crippen LogP contribution in [0.3, 0.4) is 0 Å². The van der Waals surface area contributed by atoms with Crippen molar-refractivity contribution in [2.75, 3.05) is 46.5 Å². The predicted molar refractivity (Wildman–Crippen MR) is 99.3 cm³/mol. The number of halogens is 1. The molecule has 1 heterocycles. The van der Waals surface area contributed by atoms with Gasteiger partial charge in [-0.05, 0) is 51.9 Å². The van der Waals surface area contributed by atoms with Crippen molar-refractivity contribution >= 4 is 39.5 Å². The lowest BCUT2D eigenvalue weighted by molar-refractivity contribution is 0.0389. The summed E-state index contributed by atoms with van der Waals surface area (Å²) in [6, 6.07) is 5.73. The van der Waals surface area contributed by atoms with E-state index in [4.69, 9.17) is 21.7 Å². The summed E-state index contributed by atoms with van der Waals surface area (Å²) >= 11 is 8.63. The van der Waals surface area contributed by atoms with Crippen molar-refractivity contribution in [2.45, 2.75) is 0 Å². The Morgan fingerprint density at radius 2 is 2.26 bits per heavy atom. The lowest BCUT2D eigenvalue weighted by Gasteiger charge is -2.26. The molecule has 0 aliphatic carbocycles. The Morgan fingerprint density at radius 1 is 1.48 bits per heavy atom. The Hall–Kier alpha value is -1.22. The lowest BCUT2D eigenvalue weighted by Crippen LogP contribution is -2.42. The van der Waals surface area contributed by atoms with Crippen molar-refractivity contribution in [3.8, 4) is 5.75 Å². The average molecular weight is 401 g/mol. The zero-order chi connectivity index (χ0) is 16.5. The van der Waals surface area contributed by atoms with Gasteiger partial charge < -0.3 is 14.8 Å². The maximum Gasteiger partial charge on any atom is 0.187 e. The van der Waals surface area contributed by atoms with Crippen LogP contribution in [0.5, 0.6) is 5.75 Å². The van der Waals surface area contributed by atoms with Crippen molar-refractivity contribution in [1.29, 1.82) is 0 Å². The Morgan fingerprint density at radius 3 is 2.96 bits per heavy atom. The first-order chi connectivity index (χ1) is 11.2. The van der Waals surface area contributed by atoms with Gasteiger partial charge in [-0.2, -0.15) is 5.10 Å². The minimum Gasteiger partial charge on any atom is -0.496 e. The third-order valence-electron chi connectivity index (χ3n) is 3.37. The number of hydrogen-bond donors (Lipinski definition) is 2. The van der Waals surface area contributed by atoms with Crippen LogP contribution in [0.2, 0.25) is 0 Å². The van der Waals surface area contributed by atoms with Crippen molar-refractivity contribution in [1.82, 2.24) is 15.6 Å². The predicted octanol–water partition coefficient (Wildman–Crippen LogP) is 1.59. The second kappa shape index (κ2) is 9.82. The number of hydrogen-bond acceptors (Lipinski definition) is 5. The molecule has 0 bridgehead atoms. The van der Waals surface area contributed by atoms with E-state index in [9.17, 15) is 0 Å². The second-order valence-electron chi connectivity index (χ2n) is 4.97. The highest BCUT2D eigenvalue weighted by Gasteiger charge is 2.09. The molecule has 2 rings (SSSR count). The fourth-order valence-electron chi connectivity index (χ4n) is 2.12. The first-order valence-electron chi connectivity index (χ1n) is 7.39. The molecular formula is C15H21BrN4O2S. The molecule has 1 fully saturated rings. The summed E-state index contributed by atoms with van der Waals surface area (Å²) in [6.07, 6.45) is 1.71. The van der Waals surface area contributed by atoms with E-state index < -0.39 is 0 Å². The van der Waals surface area contributed by atoms with Gasteiger partial charge in [0.05, 0.1) is 31.0 Å². The third-order valence-corrected chi connectivity index (χ3v) is 4.23. The van der Waals surface area contributed by atoms with E-state index in [1.54, 1.807) is 13.3 Å². The van der Waals surface area contributed by atoms with Crippen molar-refractivity contribution < 1.29 is 9.47 Å². The van der Waals surface area contributed by atoms with Crippen LogP contribution in [0.25, 0.3) is 0 Å². The van der Waals surface area contributed by atoms with Crippen LogP contribution in [0.1, 0.15) is 5.56 Å². The van der Waals surface area contributed by atoms with E-state index in [1.165, 1.54) is 0 Å². The van der Waals surface area contributed by atoms with Gasteiger partial charge in [-0.3, -0.25) is 10.3 Å². The summed E-state index contributed by atoms with van der Waals surface area (Å²) in [7, 11) is 1.64. The van der Waals surface area contributed by atoms with E-state index in [0.717, 1.165) is 55.2 Å². The lowest BCUT2D eigenvalue weighted by atomic mass is 10.2. The minimum atomic E-state index is 0.516. The van der Waals surface area contributed by atoms with Crippen LogP contribution in [-0.4, -0.2) is 62.7 Å². The highest BCUT2D eigenvalue weighted by atomic mass is 79.9. The molecule has 0 aromatic heterocycles. The summed E-state index contributed by atoms with van der Waals surface area (Å²) in [4.78, 5) is 2.34. The van der Waals surface area contributed by atoms with Gasteiger partial charge in [0.25, 0.3) is 0 Å². The van der Waals surface area contributed by atoms with Gasteiger partial charge in [-0.15, -0.1) is 0 Å². The van der Waals surface area contributed by atoms with E-state index in [-0.39, 0.29) is 0 Å². The molecule has 8 heteroatoms. The SMILES string of the molecule is COc1ccc(/C=N\NC(=S)NCCN2CCOCC2)cc1Br. The maximum absolute atomic E-state index is 5.31. The molecule has 0 spiro atoms. The average Bonchev–Trinajstić information content (AvgIpc) is 2.56. The number of methoxy groups -OCH3 is 1. The van der Waals surface area contributed by atoms with Gasteiger partial charge in [0, 0.05) is 26.2 Å². The summed E-state index contributed by atoms with van der Waals surface area (Å²) in [5.74, 6) is 0.787. The van der Waals surface area contributed by atoms with Crippen molar-refractivity contribution in [3.05, 3.63) is 28.2 Å². The van der Waals surface area contributed by atoms with Crippen molar-refractivity contribution in [2.24, 2.45) is 5.10 Å². The summed E-state index contributed by atoms with van der Waals surface area (Å²) < 4.78 is 11.4. The fraction of sp³-hybridized carbons (Fsp3) is 0.467. The quantitative estimate of drug-likeness (QED) is 0.429. The van der Waals surface area contributed by atoms with Gasteiger partial charge >= 0.3 is 0 Å². The number of ether oxygens (including phenoxy) is 2. The molecule has 1 aliphatic rings.